The van der Waals surface area contributed by atoms with Gasteiger partial charge in [0.1, 0.15) is 29.5 Å². The van der Waals surface area contributed by atoms with Crippen LogP contribution in [0.1, 0.15) is 23.1 Å². The first-order valence-electron chi connectivity index (χ1n) is 13.0. The smallest absolute Gasteiger partial charge is 0.355 e. The van der Waals surface area contributed by atoms with E-state index in [0.29, 0.717) is 23.6 Å². The van der Waals surface area contributed by atoms with Crippen LogP contribution in [0.15, 0.2) is 94.6 Å². The van der Waals surface area contributed by atoms with Gasteiger partial charge in [-0.3, -0.25) is 14.5 Å². The average molecular weight is 622 g/mol. The van der Waals surface area contributed by atoms with E-state index in [4.69, 9.17) is 9.47 Å². The number of rotatable bonds is 10. The topological polar surface area (TPSA) is 84.9 Å². The van der Waals surface area contributed by atoms with Crippen molar-refractivity contribution in [3.05, 3.63) is 111 Å². The Morgan fingerprint density at radius 1 is 0.950 bits per heavy atom. The van der Waals surface area contributed by atoms with Crippen LogP contribution in [0.2, 0.25) is 0 Å². The number of carbonyl (C=O) groups excluding carboxylic acids is 3. The summed E-state index contributed by atoms with van der Waals surface area (Å²) in [6.07, 6.45) is 1.53. The summed E-state index contributed by atoms with van der Waals surface area (Å²) in [7, 11) is 1.59. The number of amides is 2. The van der Waals surface area contributed by atoms with Crippen LogP contribution < -0.4 is 10.1 Å². The normalized spacial score (nSPS) is 18.1. The number of aryl methyl sites for hydroxylation is 1. The van der Waals surface area contributed by atoms with Crippen molar-refractivity contribution in [2.24, 2.45) is 0 Å². The third kappa shape index (κ3) is 6.42. The molecule has 7 nitrogen and oxygen atoms in total. The zero-order chi connectivity index (χ0) is 28.1. The predicted molar refractivity (Wildman–Crippen MR) is 157 cm³/mol. The van der Waals surface area contributed by atoms with Gasteiger partial charge in [0.2, 0.25) is 5.91 Å². The fourth-order valence-electron chi connectivity index (χ4n) is 4.75. The Hall–Kier alpha value is -3.56. The van der Waals surface area contributed by atoms with Crippen LogP contribution in [0.3, 0.4) is 0 Å². The highest BCUT2D eigenvalue weighted by atomic mass is 79.9. The SMILES string of the molecule is COc1ccc(COC(=O)C2=C(CCc3ccc(Br)cc3)CS[C@@H]3[C@H](NC(=O)Cc4ccccc4)C(=O)N23)cc1. The van der Waals surface area contributed by atoms with Gasteiger partial charge in [0.25, 0.3) is 5.91 Å². The van der Waals surface area contributed by atoms with Crippen molar-refractivity contribution in [1.82, 2.24) is 10.2 Å². The van der Waals surface area contributed by atoms with Crippen molar-refractivity contribution >= 4 is 45.5 Å². The van der Waals surface area contributed by atoms with Crippen LogP contribution in [0.25, 0.3) is 0 Å². The van der Waals surface area contributed by atoms with E-state index < -0.39 is 12.0 Å². The first-order valence-corrected chi connectivity index (χ1v) is 14.8. The first-order chi connectivity index (χ1) is 19.4. The summed E-state index contributed by atoms with van der Waals surface area (Å²) in [6, 6.07) is 24.1. The monoisotopic (exact) mass is 620 g/mol. The van der Waals surface area contributed by atoms with Crippen molar-refractivity contribution < 1.29 is 23.9 Å². The third-order valence-electron chi connectivity index (χ3n) is 6.92. The van der Waals surface area contributed by atoms with Gasteiger partial charge in [-0.15, -0.1) is 11.8 Å². The molecule has 0 aromatic heterocycles. The molecule has 3 aromatic rings. The largest absolute Gasteiger partial charge is 0.497 e. The second-order valence-corrected chi connectivity index (χ2v) is 11.6. The number of fused-ring (bicyclic) bond motifs is 1. The molecule has 1 fully saturated rings. The molecule has 0 radical (unpaired) electrons. The summed E-state index contributed by atoms with van der Waals surface area (Å²) in [6.45, 7) is 0.0728. The molecule has 206 valence electrons. The first kappa shape index (κ1) is 28.0. The van der Waals surface area contributed by atoms with E-state index in [-0.39, 0.29) is 30.2 Å². The summed E-state index contributed by atoms with van der Waals surface area (Å²) in [5.41, 5.74) is 3.99. The van der Waals surface area contributed by atoms with E-state index >= 15 is 0 Å². The summed E-state index contributed by atoms with van der Waals surface area (Å²) >= 11 is 5.02. The van der Waals surface area contributed by atoms with E-state index in [0.717, 1.165) is 33.2 Å². The Morgan fingerprint density at radius 2 is 1.65 bits per heavy atom. The minimum atomic E-state index is -0.682. The van der Waals surface area contributed by atoms with E-state index in [2.05, 4.69) is 21.2 Å². The zero-order valence-electron chi connectivity index (χ0n) is 22.0. The third-order valence-corrected chi connectivity index (χ3v) is 8.79. The van der Waals surface area contributed by atoms with Crippen molar-refractivity contribution in [1.29, 1.82) is 0 Å². The second-order valence-electron chi connectivity index (χ2n) is 9.62. The Bertz CT molecular complexity index is 1410. The van der Waals surface area contributed by atoms with E-state index in [1.807, 2.05) is 66.7 Å². The molecule has 2 aliphatic heterocycles. The van der Waals surface area contributed by atoms with Crippen molar-refractivity contribution in [2.45, 2.75) is 37.3 Å². The van der Waals surface area contributed by atoms with Crippen LogP contribution in [-0.2, 0) is 38.6 Å². The molecule has 0 bridgehead atoms. The molecule has 1 saturated heterocycles. The van der Waals surface area contributed by atoms with Crippen LogP contribution in [0.4, 0.5) is 0 Å². The van der Waals surface area contributed by atoms with Crippen molar-refractivity contribution in [2.75, 3.05) is 12.9 Å². The number of benzene rings is 3. The molecule has 0 saturated carbocycles. The number of β-lactam (4-membered cyclic amide) rings is 1. The number of ether oxygens (including phenoxy) is 2. The lowest BCUT2D eigenvalue weighted by molar-refractivity contribution is -0.153. The van der Waals surface area contributed by atoms with Gasteiger partial charge in [0, 0.05) is 10.2 Å². The Kier molecular flexibility index (Phi) is 8.91. The molecular formula is C31H29BrN2O5S. The summed E-state index contributed by atoms with van der Waals surface area (Å²) in [5.74, 6) is 0.235. The lowest BCUT2D eigenvalue weighted by atomic mass is 9.98. The highest BCUT2D eigenvalue weighted by molar-refractivity contribution is 9.10. The van der Waals surface area contributed by atoms with Gasteiger partial charge in [0.15, 0.2) is 0 Å². The van der Waals surface area contributed by atoms with Crippen LogP contribution in [-0.4, -0.2) is 47.0 Å². The minimum Gasteiger partial charge on any atom is -0.497 e. The minimum absolute atomic E-state index is 0.0728. The molecule has 2 heterocycles. The van der Waals surface area contributed by atoms with Gasteiger partial charge < -0.3 is 14.8 Å². The number of carbonyl (C=O) groups is 3. The Labute approximate surface area is 246 Å². The number of thioether (sulfide) groups is 1. The van der Waals surface area contributed by atoms with E-state index in [1.54, 1.807) is 31.0 Å². The molecule has 40 heavy (non-hydrogen) atoms. The number of halogens is 1. The number of esters is 1. The fourth-order valence-corrected chi connectivity index (χ4v) is 6.41. The lowest BCUT2D eigenvalue weighted by Gasteiger charge is -2.49. The number of nitrogens with zero attached hydrogens (tertiary/aromatic N) is 1. The molecule has 1 N–H and O–H groups in total. The van der Waals surface area contributed by atoms with E-state index in [1.165, 1.54) is 4.90 Å². The summed E-state index contributed by atoms with van der Waals surface area (Å²) in [4.78, 5) is 41.0. The summed E-state index contributed by atoms with van der Waals surface area (Å²) in [5, 5.41) is 2.52. The Balaban J connectivity index is 1.31. The molecule has 3 aromatic carbocycles. The number of nitrogens with one attached hydrogen (secondary N) is 1. The van der Waals surface area contributed by atoms with Gasteiger partial charge in [-0.25, -0.2) is 4.79 Å². The second kappa shape index (κ2) is 12.7. The number of hydrogen-bond donors (Lipinski definition) is 1. The van der Waals surface area contributed by atoms with Crippen LogP contribution in [0, 0.1) is 0 Å². The van der Waals surface area contributed by atoms with Gasteiger partial charge >= 0.3 is 5.97 Å². The van der Waals surface area contributed by atoms with Gasteiger partial charge in [-0.05, 0) is 59.4 Å². The molecule has 2 aliphatic rings. The number of methoxy groups -OCH3 is 1. The van der Waals surface area contributed by atoms with Gasteiger partial charge in [-0.2, -0.15) is 0 Å². The van der Waals surface area contributed by atoms with Gasteiger partial charge in [-0.1, -0.05) is 70.5 Å². The fraction of sp³-hybridized carbons (Fsp3) is 0.258. The maximum Gasteiger partial charge on any atom is 0.355 e. The quantitative estimate of drug-likeness (QED) is 0.253. The molecule has 2 atom stereocenters. The van der Waals surface area contributed by atoms with Crippen LogP contribution in [0.5, 0.6) is 5.75 Å². The maximum atomic E-state index is 13.5. The maximum absolute atomic E-state index is 13.5. The van der Waals surface area contributed by atoms with Gasteiger partial charge in [0.05, 0.1) is 13.5 Å². The molecule has 5 rings (SSSR count). The predicted octanol–water partition coefficient (Wildman–Crippen LogP) is 5.03. The highest BCUT2D eigenvalue weighted by Crippen LogP contribution is 2.42. The molecule has 2 amide bonds. The average Bonchev–Trinajstić information content (AvgIpc) is 2.98. The Morgan fingerprint density at radius 3 is 2.35 bits per heavy atom. The standard InChI is InChI=1S/C31H29BrN2O5S/c1-38-25-15-10-22(11-16-25)18-39-31(37)28-23(12-7-20-8-13-24(32)14-9-20)19-40-30-27(29(36)34(28)30)33-26(35)17-21-5-3-2-4-6-21/h2-6,8-11,13-16,27,30H,7,12,17-19H2,1H3,(H,33,35)/t27-,30-/m1/s1. The molecule has 0 spiro atoms. The molecule has 0 unspecified atom stereocenters. The number of hydrogen-bond acceptors (Lipinski definition) is 6. The van der Waals surface area contributed by atoms with Crippen LogP contribution >= 0.6 is 27.7 Å². The molecule has 0 aliphatic carbocycles. The molecular weight excluding hydrogens is 592 g/mol. The van der Waals surface area contributed by atoms with E-state index in [9.17, 15) is 14.4 Å². The lowest BCUT2D eigenvalue weighted by Crippen LogP contribution is -2.70. The molecule has 9 heteroatoms. The zero-order valence-corrected chi connectivity index (χ0v) is 24.4. The highest BCUT2D eigenvalue weighted by Gasteiger charge is 2.54. The van der Waals surface area contributed by atoms with Crippen molar-refractivity contribution in [3.8, 4) is 5.75 Å². The summed E-state index contributed by atoms with van der Waals surface area (Å²) < 4.78 is 11.9. The van der Waals surface area contributed by atoms with Crippen molar-refractivity contribution in [3.63, 3.8) is 0 Å².